The molecule has 0 aliphatic heterocycles. The lowest BCUT2D eigenvalue weighted by Gasteiger charge is -2.27. The molecule has 0 heterocycles. The van der Waals surface area contributed by atoms with Gasteiger partial charge in [0, 0.05) is 5.41 Å². The van der Waals surface area contributed by atoms with Crippen LogP contribution in [0.1, 0.15) is 31.2 Å². The molecule has 1 fully saturated rings. The van der Waals surface area contributed by atoms with E-state index in [-0.39, 0.29) is 35.4 Å². The molecule has 3 nitrogen and oxygen atoms in total. The van der Waals surface area contributed by atoms with Crippen molar-refractivity contribution in [3.63, 3.8) is 0 Å². The summed E-state index contributed by atoms with van der Waals surface area (Å²) in [5.74, 6) is 0.196. The predicted molar refractivity (Wildman–Crippen MR) is 82.7 cm³/mol. The Labute approximate surface area is 120 Å². The lowest BCUT2D eigenvalue weighted by atomic mass is 9.79. The highest BCUT2D eigenvalue weighted by molar-refractivity contribution is 14.0. The summed E-state index contributed by atoms with van der Waals surface area (Å²) in [6.45, 7) is 0.722. The lowest BCUT2D eigenvalue weighted by molar-refractivity contribution is 0.454. The number of halogens is 1. The molecule has 0 radical (unpaired) electrons. The van der Waals surface area contributed by atoms with Crippen LogP contribution in [0.2, 0.25) is 0 Å². The number of nitrogens with two attached hydrogens (primary N) is 2. The van der Waals surface area contributed by atoms with Crippen molar-refractivity contribution in [3.05, 3.63) is 35.9 Å². The van der Waals surface area contributed by atoms with E-state index in [1.54, 1.807) is 0 Å². The first kappa shape index (κ1) is 14.3. The van der Waals surface area contributed by atoms with E-state index < -0.39 is 0 Å². The van der Waals surface area contributed by atoms with Crippen molar-refractivity contribution in [2.75, 3.05) is 6.54 Å². The zero-order valence-corrected chi connectivity index (χ0v) is 12.3. The fourth-order valence-electron chi connectivity index (χ4n) is 2.62. The van der Waals surface area contributed by atoms with Gasteiger partial charge in [0.15, 0.2) is 5.96 Å². The van der Waals surface area contributed by atoms with Crippen molar-refractivity contribution >= 4 is 29.9 Å². The summed E-state index contributed by atoms with van der Waals surface area (Å²) in [5.41, 5.74) is 12.4. The molecule has 17 heavy (non-hydrogen) atoms. The maximum absolute atomic E-state index is 5.44. The van der Waals surface area contributed by atoms with Crippen molar-refractivity contribution in [3.8, 4) is 0 Å². The quantitative estimate of drug-likeness (QED) is 0.502. The molecular formula is C13H20IN3. The average Bonchev–Trinajstić information content (AvgIpc) is 2.78. The summed E-state index contributed by atoms with van der Waals surface area (Å²) in [7, 11) is 0. The van der Waals surface area contributed by atoms with Crippen molar-refractivity contribution in [2.24, 2.45) is 16.5 Å². The first-order chi connectivity index (χ1) is 7.73. The van der Waals surface area contributed by atoms with Crippen LogP contribution in [0.5, 0.6) is 0 Å². The van der Waals surface area contributed by atoms with E-state index in [4.69, 9.17) is 11.5 Å². The Hall–Kier alpha value is -0.780. The maximum atomic E-state index is 5.44. The minimum atomic E-state index is 0. The first-order valence-corrected chi connectivity index (χ1v) is 5.84. The van der Waals surface area contributed by atoms with Gasteiger partial charge in [0.1, 0.15) is 0 Å². The molecule has 0 bridgehead atoms. The number of benzene rings is 1. The molecule has 4 heteroatoms. The van der Waals surface area contributed by atoms with Gasteiger partial charge in [0.05, 0.1) is 6.54 Å². The SMILES string of the molecule is I.NC(N)=NCC1(c2ccccc2)CCCC1. The molecule has 0 unspecified atom stereocenters. The third kappa shape index (κ3) is 3.34. The van der Waals surface area contributed by atoms with Gasteiger partial charge in [-0.15, -0.1) is 24.0 Å². The molecule has 1 aromatic rings. The van der Waals surface area contributed by atoms with E-state index in [9.17, 15) is 0 Å². The first-order valence-electron chi connectivity index (χ1n) is 5.84. The van der Waals surface area contributed by atoms with Crippen molar-refractivity contribution in [1.82, 2.24) is 0 Å². The Morgan fingerprint density at radius 3 is 2.24 bits per heavy atom. The van der Waals surface area contributed by atoms with Gasteiger partial charge in [-0.05, 0) is 18.4 Å². The molecule has 4 N–H and O–H groups in total. The smallest absolute Gasteiger partial charge is 0.185 e. The van der Waals surface area contributed by atoms with E-state index in [1.807, 2.05) is 6.07 Å². The van der Waals surface area contributed by atoms with Crippen molar-refractivity contribution < 1.29 is 0 Å². The van der Waals surface area contributed by atoms with Crippen LogP contribution in [-0.2, 0) is 5.41 Å². The Balaban J connectivity index is 0.00000144. The molecule has 2 rings (SSSR count). The average molecular weight is 345 g/mol. The second-order valence-electron chi connectivity index (χ2n) is 4.59. The summed E-state index contributed by atoms with van der Waals surface area (Å²) in [6, 6.07) is 10.6. The molecule has 0 aromatic heterocycles. The molecule has 1 aromatic carbocycles. The number of rotatable bonds is 3. The van der Waals surface area contributed by atoms with Crippen LogP contribution in [0.3, 0.4) is 0 Å². The fourth-order valence-corrected chi connectivity index (χ4v) is 2.62. The molecular weight excluding hydrogens is 325 g/mol. The summed E-state index contributed by atoms with van der Waals surface area (Å²) in [6.07, 6.45) is 4.92. The molecule has 0 atom stereocenters. The maximum Gasteiger partial charge on any atom is 0.185 e. The van der Waals surface area contributed by atoms with E-state index in [0.29, 0.717) is 0 Å². The highest BCUT2D eigenvalue weighted by Gasteiger charge is 2.35. The second kappa shape index (κ2) is 6.23. The minimum absolute atomic E-state index is 0. The van der Waals surface area contributed by atoms with Gasteiger partial charge in [-0.3, -0.25) is 4.99 Å². The normalized spacial score (nSPS) is 17.2. The molecule has 1 aliphatic carbocycles. The third-order valence-corrected chi connectivity index (χ3v) is 3.51. The topological polar surface area (TPSA) is 64.4 Å². The number of aliphatic imine (C=N–C) groups is 1. The van der Waals surface area contributed by atoms with E-state index in [1.165, 1.54) is 31.2 Å². The largest absolute Gasteiger partial charge is 0.370 e. The molecule has 1 saturated carbocycles. The molecule has 94 valence electrons. The van der Waals surface area contributed by atoms with Crippen molar-refractivity contribution in [1.29, 1.82) is 0 Å². The van der Waals surface area contributed by atoms with Gasteiger partial charge in [0.2, 0.25) is 0 Å². The molecule has 1 aliphatic rings. The summed E-state index contributed by atoms with van der Waals surface area (Å²) < 4.78 is 0. The highest BCUT2D eigenvalue weighted by atomic mass is 127. The van der Waals surface area contributed by atoms with Crippen LogP contribution < -0.4 is 11.5 Å². The number of guanidine groups is 1. The van der Waals surface area contributed by atoms with Gasteiger partial charge in [-0.2, -0.15) is 0 Å². The van der Waals surface area contributed by atoms with Crippen LogP contribution in [0, 0.1) is 0 Å². The standard InChI is InChI=1S/C13H19N3.HI/c14-12(15)16-10-13(8-4-5-9-13)11-6-2-1-3-7-11;/h1-3,6-7H,4-5,8-10H2,(H4,14,15,16);1H. The van der Waals surface area contributed by atoms with Crippen LogP contribution in [0.25, 0.3) is 0 Å². The number of nitrogens with zero attached hydrogens (tertiary/aromatic N) is 1. The highest BCUT2D eigenvalue weighted by Crippen LogP contribution is 2.41. The molecule has 0 spiro atoms. The molecule has 0 saturated heterocycles. The van der Waals surface area contributed by atoms with Gasteiger partial charge >= 0.3 is 0 Å². The third-order valence-electron chi connectivity index (χ3n) is 3.51. The van der Waals surface area contributed by atoms with E-state index in [0.717, 1.165) is 6.54 Å². The van der Waals surface area contributed by atoms with E-state index >= 15 is 0 Å². The van der Waals surface area contributed by atoms with Gasteiger partial charge < -0.3 is 11.5 Å². The number of hydrogen-bond acceptors (Lipinski definition) is 1. The Bertz CT molecular complexity index is 366. The van der Waals surface area contributed by atoms with Gasteiger partial charge in [-0.1, -0.05) is 43.2 Å². The van der Waals surface area contributed by atoms with Crippen molar-refractivity contribution in [2.45, 2.75) is 31.1 Å². The zero-order valence-electron chi connectivity index (χ0n) is 9.93. The lowest BCUT2D eigenvalue weighted by Crippen LogP contribution is -2.30. The van der Waals surface area contributed by atoms with Gasteiger partial charge in [-0.25, -0.2) is 0 Å². The predicted octanol–water partition coefficient (Wildman–Crippen LogP) is 2.39. The number of hydrogen-bond donors (Lipinski definition) is 2. The van der Waals surface area contributed by atoms with Crippen LogP contribution >= 0.6 is 24.0 Å². The van der Waals surface area contributed by atoms with Crippen LogP contribution in [-0.4, -0.2) is 12.5 Å². The van der Waals surface area contributed by atoms with Gasteiger partial charge in [0.25, 0.3) is 0 Å². The summed E-state index contributed by atoms with van der Waals surface area (Å²) >= 11 is 0. The summed E-state index contributed by atoms with van der Waals surface area (Å²) in [5, 5.41) is 0. The van der Waals surface area contributed by atoms with E-state index in [2.05, 4.69) is 29.3 Å². The Morgan fingerprint density at radius 1 is 1.12 bits per heavy atom. The summed E-state index contributed by atoms with van der Waals surface area (Å²) in [4.78, 5) is 4.23. The molecule has 0 amide bonds. The minimum Gasteiger partial charge on any atom is -0.370 e. The van der Waals surface area contributed by atoms with Crippen LogP contribution in [0.4, 0.5) is 0 Å². The zero-order chi connectivity index (χ0) is 11.4. The fraction of sp³-hybridized carbons (Fsp3) is 0.462. The Morgan fingerprint density at radius 2 is 1.71 bits per heavy atom. The monoisotopic (exact) mass is 345 g/mol. The van der Waals surface area contributed by atoms with Crippen LogP contribution in [0.15, 0.2) is 35.3 Å². The Kier molecular flexibility index (Phi) is 5.24. The second-order valence-corrected chi connectivity index (χ2v) is 4.59.